The second-order valence-electron chi connectivity index (χ2n) is 4.10. The van der Waals surface area contributed by atoms with Gasteiger partial charge in [-0.1, -0.05) is 30.3 Å². The van der Waals surface area contributed by atoms with Gasteiger partial charge in [-0.2, -0.15) is 0 Å². The Bertz CT molecular complexity index is 514. The molecular formula is C15H16N2O2. The SMILES string of the molecule is COC(C(=O)NCc1ccncc1)c1ccccc1. The lowest BCUT2D eigenvalue weighted by Crippen LogP contribution is -2.29. The summed E-state index contributed by atoms with van der Waals surface area (Å²) in [6, 6.07) is 13.2. The molecule has 0 aliphatic heterocycles. The summed E-state index contributed by atoms with van der Waals surface area (Å²) in [5.74, 6) is -0.148. The quantitative estimate of drug-likeness (QED) is 0.891. The van der Waals surface area contributed by atoms with E-state index in [1.807, 2.05) is 42.5 Å². The Morgan fingerprint density at radius 3 is 2.53 bits per heavy atom. The fourth-order valence-electron chi connectivity index (χ4n) is 1.80. The van der Waals surface area contributed by atoms with Crippen LogP contribution in [0, 0.1) is 0 Å². The fraction of sp³-hybridized carbons (Fsp3) is 0.200. The first-order valence-electron chi connectivity index (χ1n) is 6.05. The number of pyridine rings is 1. The highest BCUT2D eigenvalue weighted by Crippen LogP contribution is 2.16. The second kappa shape index (κ2) is 6.66. The molecule has 0 radical (unpaired) electrons. The Hall–Kier alpha value is -2.20. The number of amides is 1. The van der Waals surface area contributed by atoms with Crippen molar-refractivity contribution in [2.75, 3.05) is 7.11 Å². The van der Waals surface area contributed by atoms with Gasteiger partial charge in [0.15, 0.2) is 6.10 Å². The number of methoxy groups -OCH3 is 1. The highest BCUT2D eigenvalue weighted by atomic mass is 16.5. The Balaban J connectivity index is 1.98. The van der Waals surface area contributed by atoms with Crippen LogP contribution in [-0.4, -0.2) is 18.0 Å². The Morgan fingerprint density at radius 1 is 1.21 bits per heavy atom. The summed E-state index contributed by atoms with van der Waals surface area (Å²) in [6.07, 6.45) is 2.82. The maximum absolute atomic E-state index is 12.1. The smallest absolute Gasteiger partial charge is 0.254 e. The molecule has 0 aliphatic carbocycles. The standard InChI is InChI=1S/C15H16N2O2/c1-19-14(13-5-3-2-4-6-13)15(18)17-11-12-7-9-16-10-8-12/h2-10,14H,11H2,1H3,(H,17,18). The molecule has 1 unspecified atom stereocenters. The van der Waals surface area contributed by atoms with Gasteiger partial charge in [0.05, 0.1) is 0 Å². The Morgan fingerprint density at radius 2 is 1.89 bits per heavy atom. The van der Waals surface area contributed by atoms with E-state index in [9.17, 15) is 4.79 Å². The van der Waals surface area contributed by atoms with Gasteiger partial charge in [-0.3, -0.25) is 9.78 Å². The molecule has 2 rings (SSSR count). The summed E-state index contributed by atoms with van der Waals surface area (Å²) in [4.78, 5) is 16.0. The maximum atomic E-state index is 12.1. The number of hydrogen-bond acceptors (Lipinski definition) is 3. The molecule has 1 heterocycles. The lowest BCUT2D eigenvalue weighted by Gasteiger charge is -2.15. The summed E-state index contributed by atoms with van der Waals surface area (Å²) in [7, 11) is 1.53. The molecule has 0 aliphatic rings. The lowest BCUT2D eigenvalue weighted by atomic mass is 10.1. The van der Waals surface area contributed by atoms with Gasteiger partial charge in [0.1, 0.15) is 0 Å². The van der Waals surface area contributed by atoms with Crippen molar-refractivity contribution in [3.05, 3.63) is 66.0 Å². The Labute approximate surface area is 112 Å². The number of rotatable bonds is 5. The first-order valence-corrected chi connectivity index (χ1v) is 6.05. The van der Waals surface area contributed by atoms with Gasteiger partial charge in [0.25, 0.3) is 5.91 Å². The van der Waals surface area contributed by atoms with E-state index in [4.69, 9.17) is 4.74 Å². The van der Waals surface area contributed by atoms with E-state index >= 15 is 0 Å². The number of benzene rings is 1. The van der Waals surface area contributed by atoms with E-state index in [1.165, 1.54) is 7.11 Å². The predicted molar refractivity (Wildman–Crippen MR) is 72.3 cm³/mol. The van der Waals surface area contributed by atoms with Crippen molar-refractivity contribution in [2.45, 2.75) is 12.6 Å². The zero-order chi connectivity index (χ0) is 13.5. The molecular weight excluding hydrogens is 240 g/mol. The second-order valence-corrected chi connectivity index (χ2v) is 4.10. The number of carbonyl (C=O) groups is 1. The van der Waals surface area contributed by atoms with E-state index in [1.54, 1.807) is 12.4 Å². The van der Waals surface area contributed by atoms with E-state index in [-0.39, 0.29) is 5.91 Å². The van der Waals surface area contributed by atoms with Gasteiger partial charge in [-0.25, -0.2) is 0 Å². The van der Waals surface area contributed by atoms with Gasteiger partial charge < -0.3 is 10.1 Å². The van der Waals surface area contributed by atoms with Crippen LogP contribution < -0.4 is 5.32 Å². The number of nitrogens with one attached hydrogen (secondary N) is 1. The van der Waals surface area contributed by atoms with Crippen molar-refractivity contribution < 1.29 is 9.53 Å². The molecule has 4 heteroatoms. The molecule has 1 atom stereocenters. The third kappa shape index (κ3) is 3.63. The average Bonchev–Trinajstić information content (AvgIpc) is 2.48. The van der Waals surface area contributed by atoms with Crippen molar-refractivity contribution in [2.24, 2.45) is 0 Å². The number of aromatic nitrogens is 1. The first kappa shape index (κ1) is 13.2. The molecule has 1 aromatic carbocycles. The summed E-state index contributed by atoms with van der Waals surface area (Å²) >= 11 is 0. The van der Waals surface area contributed by atoms with Crippen molar-refractivity contribution in [1.82, 2.24) is 10.3 Å². The number of carbonyl (C=O) groups excluding carboxylic acids is 1. The van der Waals surface area contributed by atoms with E-state index in [0.717, 1.165) is 11.1 Å². The molecule has 98 valence electrons. The third-order valence-corrected chi connectivity index (χ3v) is 2.79. The first-order chi connectivity index (χ1) is 9.31. The minimum atomic E-state index is -0.581. The van der Waals surface area contributed by atoms with E-state index in [0.29, 0.717) is 6.54 Å². The summed E-state index contributed by atoms with van der Waals surface area (Å²) < 4.78 is 5.26. The summed E-state index contributed by atoms with van der Waals surface area (Å²) in [5.41, 5.74) is 1.85. The minimum absolute atomic E-state index is 0.148. The molecule has 0 bridgehead atoms. The number of ether oxygens (including phenoxy) is 1. The largest absolute Gasteiger partial charge is 0.367 e. The van der Waals surface area contributed by atoms with Crippen LogP contribution in [0.2, 0.25) is 0 Å². The number of hydrogen-bond donors (Lipinski definition) is 1. The molecule has 1 N–H and O–H groups in total. The summed E-state index contributed by atoms with van der Waals surface area (Å²) in [5, 5.41) is 2.86. The molecule has 4 nitrogen and oxygen atoms in total. The monoisotopic (exact) mass is 256 g/mol. The molecule has 0 saturated carbocycles. The van der Waals surface area contributed by atoms with Crippen LogP contribution in [0.5, 0.6) is 0 Å². The van der Waals surface area contributed by atoms with Gasteiger partial charge in [0.2, 0.25) is 0 Å². The lowest BCUT2D eigenvalue weighted by molar-refractivity contribution is -0.131. The van der Waals surface area contributed by atoms with E-state index in [2.05, 4.69) is 10.3 Å². The normalized spacial score (nSPS) is 11.8. The van der Waals surface area contributed by atoms with Crippen molar-refractivity contribution in [3.63, 3.8) is 0 Å². The Kier molecular flexibility index (Phi) is 4.64. The maximum Gasteiger partial charge on any atom is 0.254 e. The molecule has 1 aromatic heterocycles. The highest BCUT2D eigenvalue weighted by Gasteiger charge is 2.19. The van der Waals surface area contributed by atoms with Crippen molar-refractivity contribution >= 4 is 5.91 Å². The van der Waals surface area contributed by atoms with Gasteiger partial charge in [-0.15, -0.1) is 0 Å². The van der Waals surface area contributed by atoms with Crippen LogP contribution >= 0.6 is 0 Å². The minimum Gasteiger partial charge on any atom is -0.367 e. The fourth-order valence-corrected chi connectivity index (χ4v) is 1.80. The molecule has 0 saturated heterocycles. The van der Waals surface area contributed by atoms with Crippen LogP contribution in [0.1, 0.15) is 17.2 Å². The van der Waals surface area contributed by atoms with Crippen molar-refractivity contribution in [1.29, 1.82) is 0 Å². The van der Waals surface area contributed by atoms with Gasteiger partial charge in [-0.05, 0) is 23.3 Å². The van der Waals surface area contributed by atoms with Crippen LogP contribution in [0.3, 0.4) is 0 Å². The molecule has 0 fully saturated rings. The molecule has 2 aromatic rings. The van der Waals surface area contributed by atoms with Gasteiger partial charge in [0, 0.05) is 26.0 Å². The predicted octanol–water partition coefficient (Wildman–Crippen LogP) is 2.09. The van der Waals surface area contributed by atoms with Crippen LogP contribution in [0.4, 0.5) is 0 Å². The molecule has 1 amide bonds. The van der Waals surface area contributed by atoms with Gasteiger partial charge >= 0.3 is 0 Å². The molecule has 19 heavy (non-hydrogen) atoms. The average molecular weight is 256 g/mol. The van der Waals surface area contributed by atoms with Crippen LogP contribution in [-0.2, 0) is 16.1 Å². The molecule has 0 spiro atoms. The zero-order valence-electron chi connectivity index (χ0n) is 10.7. The van der Waals surface area contributed by atoms with E-state index < -0.39 is 6.10 Å². The van der Waals surface area contributed by atoms with Crippen LogP contribution in [0.15, 0.2) is 54.9 Å². The summed E-state index contributed by atoms with van der Waals surface area (Å²) in [6.45, 7) is 0.466. The van der Waals surface area contributed by atoms with Crippen LogP contribution in [0.25, 0.3) is 0 Å². The number of nitrogens with zero attached hydrogens (tertiary/aromatic N) is 1. The third-order valence-electron chi connectivity index (χ3n) is 2.79. The topological polar surface area (TPSA) is 51.2 Å². The van der Waals surface area contributed by atoms with Crippen molar-refractivity contribution in [3.8, 4) is 0 Å². The zero-order valence-corrected chi connectivity index (χ0v) is 10.7. The highest BCUT2D eigenvalue weighted by molar-refractivity contribution is 5.82.